The number of carbonyl (C=O) groups is 2. The van der Waals surface area contributed by atoms with Gasteiger partial charge in [0.25, 0.3) is 11.5 Å². The summed E-state index contributed by atoms with van der Waals surface area (Å²) in [7, 11) is 4.30. The van der Waals surface area contributed by atoms with Crippen molar-refractivity contribution in [3.63, 3.8) is 0 Å². The number of aromatic nitrogens is 3. The van der Waals surface area contributed by atoms with Crippen LogP contribution < -0.4 is 11.2 Å². The number of nitrogens with zero attached hydrogens (tertiary/aromatic N) is 4. The highest BCUT2D eigenvalue weighted by molar-refractivity contribution is 5.96. The van der Waals surface area contributed by atoms with E-state index in [2.05, 4.69) is 4.98 Å². The second kappa shape index (κ2) is 6.03. The molecule has 9 heteroatoms. The minimum absolute atomic E-state index is 0.0392. The van der Waals surface area contributed by atoms with Gasteiger partial charge >= 0.3 is 11.7 Å². The summed E-state index contributed by atoms with van der Waals surface area (Å²) in [6, 6.07) is 1.36. The van der Waals surface area contributed by atoms with Crippen molar-refractivity contribution in [1.29, 1.82) is 0 Å². The molecular weight excluding hydrogens is 304 g/mol. The van der Waals surface area contributed by atoms with E-state index in [9.17, 15) is 19.2 Å². The van der Waals surface area contributed by atoms with E-state index in [1.807, 2.05) is 0 Å². The van der Waals surface area contributed by atoms with Crippen molar-refractivity contribution in [2.45, 2.75) is 6.42 Å². The normalized spacial score (nSPS) is 10.7. The fourth-order valence-corrected chi connectivity index (χ4v) is 2.17. The van der Waals surface area contributed by atoms with Crippen molar-refractivity contribution in [3.8, 4) is 0 Å². The van der Waals surface area contributed by atoms with Crippen LogP contribution in [0, 0.1) is 0 Å². The molecule has 0 aliphatic rings. The van der Waals surface area contributed by atoms with Crippen LogP contribution in [0.3, 0.4) is 0 Å². The second-order valence-electron chi connectivity index (χ2n) is 5.17. The zero-order valence-electron chi connectivity index (χ0n) is 12.9. The monoisotopic (exact) mass is 320 g/mol. The van der Waals surface area contributed by atoms with E-state index in [4.69, 9.17) is 5.11 Å². The van der Waals surface area contributed by atoms with Crippen LogP contribution >= 0.6 is 0 Å². The quantitative estimate of drug-likeness (QED) is 0.787. The van der Waals surface area contributed by atoms with Crippen molar-refractivity contribution in [3.05, 3.63) is 38.7 Å². The predicted molar refractivity (Wildman–Crippen MR) is 81.4 cm³/mol. The average molecular weight is 320 g/mol. The predicted octanol–water partition coefficient (Wildman–Crippen LogP) is -0.821. The van der Waals surface area contributed by atoms with Crippen LogP contribution in [-0.2, 0) is 18.9 Å². The van der Waals surface area contributed by atoms with E-state index in [-0.39, 0.29) is 29.6 Å². The molecule has 1 N–H and O–H groups in total. The van der Waals surface area contributed by atoms with E-state index in [1.54, 1.807) is 0 Å². The van der Waals surface area contributed by atoms with Gasteiger partial charge in [-0.15, -0.1) is 0 Å². The van der Waals surface area contributed by atoms with Crippen LogP contribution in [0.1, 0.15) is 16.8 Å². The SMILES string of the molecule is CN(CCC(=O)O)C(=O)c1cnc2c(c1)c(=O)n(C)c(=O)n2C. The molecule has 1 amide bonds. The first kappa shape index (κ1) is 16.4. The molecule has 0 aromatic carbocycles. The minimum atomic E-state index is -1.01. The molecule has 0 saturated heterocycles. The van der Waals surface area contributed by atoms with E-state index in [0.29, 0.717) is 0 Å². The molecule has 0 spiro atoms. The topological polar surface area (TPSA) is 114 Å². The molecule has 0 bridgehead atoms. The molecule has 0 radical (unpaired) electrons. The fraction of sp³-hybridized carbons (Fsp3) is 0.357. The van der Waals surface area contributed by atoms with Gasteiger partial charge in [-0.3, -0.25) is 23.5 Å². The largest absolute Gasteiger partial charge is 0.481 e. The van der Waals surface area contributed by atoms with Gasteiger partial charge < -0.3 is 10.0 Å². The molecule has 2 rings (SSSR count). The van der Waals surface area contributed by atoms with Crippen molar-refractivity contribution >= 4 is 22.9 Å². The van der Waals surface area contributed by atoms with Crippen LogP contribution in [0.5, 0.6) is 0 Å². The highest BCUT2D eigenvalue weighted by Gasteiger charge is 2.16. The van der Waals surface area contributed by atoms with Gasteiger partial charge in [-0.05, 0) is 6.07 Å². The maximum Gasteiger partial charge on any atom is 0.332 e. The summed E-state index contributed by atoms with van der Waals surface area (Å²) in [5.41, 5.74) is -0.713. The van der Waals surface area contributed by atoms with Gasteiger partial charge in [-0.2, -0.15) is 0 Å². The van der Waals surface area contributed by atoms with E-state index in [0.717, 1.165) is 4.57 Å². The number of rotatable bonds is 4. The number of carbonyl (C=O) groups excluding carboxylic acids is 1. The molecule has 122 valence electrons. The van der Waals surface area contributed by atoms with Gasteiger partial charge in [-0.25, -0.2) is 9.78 Å². The Bertz CT molecular complexity index is 912. The number of aryl methyl sites for hydroxylation is 1. The lowest BCUT2D eigenvalue weighted by Crippen LogP contribution is -2.37. The first-order valence-electron chi connectivity index (χ1n) is 6.77. The van der Waals surface area contributed by atoms with Gasteiger partial charge in [-0.1, -0.05) is 0 Å². The van der Waals surface area contributed by atoms with Crippen molar-refractivity contribution < 1.29 is 14.7 Å². The second-order valence-corrected chi connectivity index (χ2v) is 5.17. The molecule has 0 unspecified atom stereocenters. The van der Waals surface area contributed by atoms with E-state index in [1.165, 1.54) is 42.9 Å². The third kappa shape index (κ3) is 2.98. The number of hydrogen-bond donors (Lipinski definition) is 1. The summed E-state index contributed by atoms with van der Waals surface area (Å²) < 4.78 is 2.16. The molecule has 0 fully saturated rings. The highest BCUT2D eigenvalue weighted by Crippen LogP contribution is 2.09. The van der Waals surface area contributed by atoms with Crippen LogP contribution in [0.2, 0.25) is 0 Å². The van der Waals surface area contributed by atoms with Crippen LogP contribution in [0.25, 0.3) is 11.0 Å². The van der Waals surface area contributed by atoms with E-state index < -0.39 is 23.1 Å². The van der Waals surface area contributed by atoms with Crippen LogP contribution in [0.15, 0.2) is 21.9 Å². The molecule has 2 aromatic rings. The average Bonchev–Trinajstić information content (AvgIpc) is 2.54. The summed E-state index contributed by atoms with van der Waals surface area (Å²) >= 11 is 0. The fourth-order valence-electron chi connectivity index (χ4n) is 2.17. The Morgan fingerprint density at radius 3 is 2.52 bits per heavy atom. The molecule has 0 aliphatic heterocycles. The maximum atomic E-state index is 12.3. The summed E-state index contributed by atoms with van der Waals surface area (Å²) in [5, 5.41) is 8.80. The van der Waals surface area contributed by atoms with Crippen molar-refractivity contribution in [2.24, 2.45) is 14.1 Å². The number of aliphatic carboxylic acids is 1. The minimum Gasteiger partial charge on any atom is -0.481 e. The third-order valence-corrected chi connectivity index (χ3v) is 3.55. The van der Waals surface area contributed by atoms with Gasteiger partial charge in [0.2, 0.25) is 0 Å². The first-order valence-corrected chi connectivity index (χ1v) is 6.77. The summed E-state index contributed by atoms with van der Waals surface area (Å²) in [6.07, 6.45) is 1.08. The molecule has 23 heavy (non-hydrogen) atoms. The number of fused-ring (bicyclic) bond motifs is 1. The molecule has 0 atom stereocenters. The molecule has 2 aromatic heterocycles. The summed E-state index contributed by atoms with van der Waals surface area (Å²) in [4.78, 5) is 52.1. The Balaban J connectivity index is 2.49. The van der Waals surface area contributed by atoms with Crippen LogP contribution in [0.4, 0.5) is 0 Å². The van der Waals surface area contributed by atoms with Gasteiger partial charge in [0.1, 0.15) is 5.65 Å². The zero-order chi connectivity index (χ0) is 17.3. The number of pyridine rings is 1. The molecule has 0 aliphatic carbocycles. The van der Waals surface area contributed by atoms with Gasteiger partial charge in [0, 0.05) is 33.9 Å². The number of hydrogen-bond acceptors (Lipinski definition) is 5. The zero-order valence-corrected chi connectivity index (χ0v) is 12.9. The first-order chi connectivity index (χ1) is 10.7. The Morgan fingerprint density at radius 1 is 1.26 bits per heavy atom. The van der Waals surface area contributed by atoms with Crippen molar-refractivity contribution in [2.75, 3.05) is 13.6 Å². The Hall–Kier alpha value is -2.97. The maximum absolute atomic E-state index is 12.3. The summed E-state index contributed by atoms with van der Waals surface area (Å²) in [6.45, 7) is 0.0392. The Kier molecular flexibility index (Phi) is 4.30. The highest BCUT2D eigenvalue weighted by atomic mass is 16.4. The van der Waals surface area contributed by atoms with Gasteiger partial charge in [0.15, 0.2) is 0 Å². The smallest absolute Gasteiger partial charge is 0.332 e. The molecule has 0 saturated carbocycles. The number of carboxylic acid groups (broad SMARTS) is 1. The lowest BCUT2D eigenvalue weighted by molar-refractivity contribution is -0.137. The van der Waals surface area contributed by atoms with Crippen molar-refractivity contribution in [1.82, 2.24) is 19.0 Å². The van der Waals surface area contributed by atoms with Gasteiger partial charge in [0.05, 0.1) is 17.4 Å². The van der Waals surface area contributed by atoms with Crippen LogP contribution in [-0.4, -0.2) is 49.6 Å². The molecule has 9 nitrogen and oxygen atoms in total. The lowest BCUT2D eigenvalue weighted by Gasteiger charge is -2.16. The Morgan fingerprint density at radius 2 is 1.91 bits per heavy atom. The van der Waals surface area contributed by atoms with E-state index >= 15 is 0 Å². The standard InChI is InChI=1S/C14H16N4O5/c1-16(5-4-10(19)20)12(21)8-6-9-11(15-7-8)17(2)14(23)18(3)13(9)22/h6-7H,4-5H2,1-3H3,(H,19,20). The molecule has 2 heterocycles. The lowest BCUT2D eigenvalue weighted by atomic mass is 10.2. The third-order valence-electron chi connectivity index (χ3n) is 3.55. The number of carboxylic acids is 1. The molecular formula is C14H16N4O5. The number of amides is 1. The summed E-state index contributed by atoms with van der Waals surface area (Å²) in [5.74, 6) is -1.46. The Labute approximate surface area is 130 Å².